The highest BCUT2D eigenvalue weighted by Gasteiger charge is 2.29. The van der Waals surface area contributed by atoms with E-state index in [-0.39, 0.29) is 23.0 Å². The fraction of sp³-hybridized carbons (Fsp3) is 0.571. The number of anilines is 2. The van der Waals surface area contributed by atoms with Gasteiger partial charge in [-0.2, -0.15) is 0 Å². The van der Waals surface area contributed by atoms with Crippen molar-refractivity contribution >= 4 is 23.6 Å². The molecule has 2 aliphatic heterocycles. The van der Waals surface area contributed by atoms with Crippen molar-refractivity contribution in [3.05, 3.63) is 11.4 Å². The minimum Gasteiger partial charge on any atom is -0.476 e. The molecule has 0 radical (unpaired) electrons. The maximum Gasteiger partial charge on any atom is 0.358 e. The average molecular weight is 338 g/mol. The minimum absolute atomic E-state index is 0.0696. The first-order valence-corrected chi connectivity index (χ1v) is 7.62. The summed E-state index contributed by atoms with van der Waals surface area (Å²) in [5.74, 6) is -2.34. The zero-order chi connectivity index (χ0) is 17.1. The fourth-order valence-electron chi connectivity index (χ4n) is 2.70. The Hall–Kier alpha value is -2.46. The van der Waals surface area contributed by atoms with Crippen LogP contribution in [0.2, 0.25) is 0 Å². The molecule has 2 aliphatic rings. The number of morpholine rings is 2. The number of rotatable bonds is 4. The molecule has 1 aromatic rings. The van der Waals surface area contributed by atoms with Crippen LogP contribution in [0.5, 0.6) is 0 Å². The second-order valence-electron chi connectivity index (χ2n) is 5.38. The summed E-state index contributed by atoms with van der Waals surface area (Å²) < 4.78 is 10.5. The van der Waals surface area contributed by atoms with Crippen LogP contribution in [0.15, 0.2) is 0 Å². The number of ether oxygens (including phenoxy) is 2. The average Bonchev–Trinajstić information content (AvgIpc) is 2.62. The van der Waals surface area contributed by atoms with E-state index in [9.17, 15) is 19.8 Å². The monoisotopic (exact) mass is 338 g/mol. The SMILES string of the molecule is O=C(O)c1nc(N2CCOCC2)c(C(=O)O)nc1N1CCOCC1. The van der Waals surface area contributed by atoms with Crippen molar-refractivity contribution in [2.45, 2.75) is 0 Å². The first-order valence-electron chi connectivity index (χ1n) is 7.62. The van der Waals surface area contributed by atoms with E-state index in [0.29, 0.717) is 52.6 Å². The lowest BCUT2D eigenvalue weighted by Crippen LogP contribution is -2.40. The zero-order valence-electron chi connectivity index (χ0n) is 13.0. The second kappa shape index (κ2) is 6.97. The Balaban J connectivity index is 2.07. The Bertz CT molecular complexity index is 585. The minimum atomic E-state index is -1.24. The van der Waals surface area contributed by atoms with Gasteiger partial charge in [0.15, 0.2) is 23.0 Å². The lowest BCUT2D eigenvalue weighted by Gasteiger charge is -2.31. The van der Waals surface area contributed by atoms with Crippen molar-refractivity contribution in [2.24, 2.45) is 0 Å². The first-order chi connectivity index (χ1) is 11.6. The molecule has 0 unspecified atom stereocenters. The van der Waals surface area contributed by atoms with E-state index < -0.39 is 11.9 Å². The molecule has 0 amide bonds. The Kier molecular flexibility index (Phi) is 4.76. The van der Waals surface area contributed by atoms with Gasteiger partial charge in [-0.3, -0.25) is 0 Å². The molecule has 2 N–H and O–H groups in total. The molecule has 0 aliphatic carbocycles. The Morgan fingerprint density at radius 1 is 0.750 bits per heavy atom. The van der Waals surface area contributed by atoms with E-state index in [0.717, 1.165) is 0 Å². The van der Waals surface area contributed by atoms with Gasteiger partial charge in [-0.15, -0.1) is 0 Å². The third-order valence-electron chi connectivity index (χ3n) is 3.89. The van der Waals surface area contributed by atoms with Crippen LogP contribution < -0.4 is 9.80 Å². The van der Waals surface area contributed by atoms with Crippen LogP contribution in [0.1, 0.15) is 21.0 Å². The summed E-state index contributed by atoms with van der Waals surface area (Å²) in [5.41, 5.74) is -0.494. The van der Waals surface area contributed by atoms with Crippen LogP contribution in [0.3, 0.4) is 0 Å². The van der Waals surface area contributed by atoms with Gasteiger partial charge < -0.3 is 29.5 Å². The fourth-order valence-corrected chi connectivity index (χ4v) is 2.70. The Morgan fingerprint density at radius 3 is 1.38 bits per heavy atom. The van der Waals surface area contributed by atoms with Crippen molar-refractivity contribution in [1.29, 1.82) is 0 Å². The van der Waals surface area contributed by atoms with Crippen LogP contribution in [0.25, 0.3) is 0 Å². The molecule has 0 spiro atoms. The van der Waals surface area contributed by atoms with Crippen LogP contribution in [-0.2, 0) is 9.47 Å². The maximum atomic E-state index is 11.6. The quantitative estimate of drug-likeness (QED) is 0.745. The van der Waals surface area contributed by atoms with Crippen molar-refractivity contribution in [2.75, 3.05) is 62.4 Å². The molecule has 10 nitrogen and oxygen atoms in total. The number of aromatic carboxylic acids is 2. The molecular weight excluding hydrogens is 320 g/mol. The molecule has 2 saturated heterocycles. The number of hydrogen-bond donors (Lipinski definition) is 2. The van der Waals surface area contributed by atoms with E-state index in [1.165, 1.54) is 0 Å². The molecule has 130 valence electrons. The van der Waals surface area contributed by atoms with Crippen LogP contribution in [0, 0.1) is 0 Å². The van der Waals surface area contributed by atoms with E-state index >= 15 is 0 Å². The Morgan fingerprint density at radius 2 is 1.08 bits per heavy atom. The summed E-state index contributed by atoms with van der Waals surface area (Å²) >= 11 is 0. The van der Waals surface area contributed by atoms with Gasteiger partial charge in [0.2, 0.25) is 0 Å². The third kappa shape index (κ3) is 3.24. The molecule has 24 heavy (non-hydrogen) atoms. The van der Waals surface area contributed by atoms with Gasteiger partial charge in [0.1, 0.15) is 0 Å². The van der Waals surface area contributed by atoms with Gasteiger partial charge in [0.25, 0.3) is 0 Å². The summed E-state index contributed by atoms with van der Waals surface area (Å²) in [6.45, 7) is 3.44. The summed E-state index contributed by atoms with van der Waals surface area (Å²) in [6, 6.07) is 0. The van der Waals surface area contributed by atoms with E-state index in [2.05, 4.69) is 9.97 Å². The molecule has 0 bridgehead atoms. The lowest BCUT2D eigenvalue weighted by atomic mass is 10.2. The standard InChI is InChI=1S/C14H18N4O6/c19-13(20)9-11(17-1-5-23-6-2-17)15-10(14(21)22)12(16-9)18-3-7-24-8-4-18/h1-8H2,(H,19,20)(H,21,22). The predicted octanol–water partition coefficient (Wildman–Crippen LogP) is -0.454. The summed E-state index contributed by atoms with van der Waals surface area (Å²) in [7, 11) is 0. The Labute approximate surface area is 137 Å². The highest BCUT2D eigenvalue weighted by Crippen LogP contribution is 2.25. The number of aromatic nitrogens is 2. The molecule has 0 atom stereocenters. The number of carboxylic acids is 2. The van der Waals surface area contributed by atoms with Gasteiger partial charge in [0, 0.05) is 26.2 Å². The van der Waals surface area contributed by atoms with Gasteiger partial charge in [0.05, 0.1) is 26.4 Å². The summed E-state index contributed by atoms with van der Waals surface area (Å²) in [6.07, 6.45) is 0. The van der Waals surface area contributed by atoms with E-state index in [4.69, 9.17) is 9.47 Å². The smallest absolute Gasteiger partial charge is 0.358 e. The van der Waals surface area contributed by atoms with Crippen molar-refractivity contribution in [3.8, 4) is 0 Å². The van der Waals surface area contributed by atoms with E-state index in [1.54, 1.807) is 9.80 Å². The van der Waals surface area contributed by atoms with Crippen molar-refractivity contribution < 1.29 is 29.3 Å². The maximum absolute atomic E-state index is 11.6. The van der Waals surface area contributed by atoms with Crippen LogP contribution in [0.4, 0.5) is 11.6 Å². The van der Waals surface area contributed by atoms with Crippen molar-refractivity contribution in [1.82, 2.24) is 9.97 Å². The summed E-state index contributed by atoms with van der Waals surface area (Å²) in [4.78, 5) is 34.9. The van der Waals surface area contributed by atoms with Gasteiger partial charge in [-0.1, -0.05) is 0 Å². The van der Waals surface area contributed by atoms with Crippen molar-refractivity contribution in [3.63, 3.8) is 0 Å². The van der Waals surface area contributed by atoms with Gasteiger partial charge in [-0.05, 0) is 0 Å². The lowest BCUT2D eigenvalue weighted by molar-refractivity contribution is 0.0670. The molecule has 3 heterocycles. The number of nitrogens with zero attached hydrogens (tertiary/aromatic N) is 4. The molecular formula is C14H18N4O6. The molecule has 0 saturated carbocycles. The van der Waals surface area contributed by atoms with E-state index in [1.807, 2.05) is 0 Å². The number of hydrogen-bond acceptors (Lipinski definition) is 8. The highest BCUT2D eigenvalue weighted by atomic mass is 16.5. The van der Waals surface area contributed by atoms with Crippen LogP contribution >= 0.6 is 0 Å². The topological polar surface area (TPSA) is 125 Å². The highest BCUT2D eigenvalue weighted by molar-refractivity contribution is 5.96. The third-order valence-corrected chi connectivity index (χ3v) is 3.89. The first kappa shape index (κ1) is 16.4. The molecule has 1 aromatic heterocycles. The molecule has 10 heteroatoms. The molecule has 2 fully saturated rings. The summed E-state index contributed by atoms with van der Waals surface area (Å²) in [5, 5.41) is 19.0. The number of carboxylic acid groups (broad SMARTS) is 2. The number of carbonyl (C=O) groups is 2. The van der Waals surface area contributed by atoms with Crippen LogP contribution in [-0.4, -0.2) is 84.7 Å². The molecule has 0 aromatic carbocycles. The van der Waals surface area contributed by atoms with Gasteiger partial charge in [-0.25, -0.2) is 19.6 Å². The largest absolute Gasteiger partial charge is 0.476 e. The second-order valence-corrected chi connectivity index (χ2v) is 5.38. The molecule has 3 rings (SSSR count). The van der Waals surface area contributed by atoms with Gasteiger partial charge >= 0.3 is 11.9 Å². The zero-order valence-corrected chi connectivity index (χ0v) is 13.0. The predicted molar refractivity (Wildman–Crippen MR) is 82.0 cm³/mol. The normalized spacial score (nSPS) is 18.5.